The molecule has 0 spiro atoms. The summed E-state index contributed by atoms with van der Waals surface area (Å²) >= 11 is 0. The first kappa shape index (κ1) is 14.6. The number of hydrogen-bond donors (Lipinski definition) is 1. The van der Waals surface area contributed by atoms with Crippen molar-refractivity contribution >= 4 is 16.8 Å². The van der Waals surface area contributed by atoms with Crippen LogP contribution in [0, 0.1) is 0 Å². The minimum Gasteiger partial charge on any atom is -0.332 e. The van der Waals surface area contributed by atoms with Crippen LogP contribution in [0.4, 0.5) is 0 Å². The topological polar surface area (TPSA) is 83.9 Å². The van der Waals surface area contributed by atoms with Crippen molar-refractivity contribution < 1.29 is 4.79 Å². The van der Waals surface area contributed by atoms with Crippen LogP contribution in [0.1, 0.15) is 23.3 Å². The van der Waals surface area contributed by atoms with Gasteiger partial charge >= 0.3 is 0 Å². The van der Waals surface area contributed by atoms with Gasteiger partial charge in [0.05, 0.1) is 18.1 Å². The predicted octanol–water partition coefficient (Wildman–Crippen LogP) is 1.42. The van der Waals surface area contributed by atoms with Gasteiger partial charge in [0.25, 0.3) is 11.5 Å². The number of rotatable bonds is 3. The summed E-state index contributed by atoms with van der Waals surface area (Å²) in [5, 5.41) is 12.0. The van der Waals surface area contributed by atoms with Crippen molar-refractivity contribution in [3.63, 3.8) is 0 Å². The third kappa shape index (κ3) is 2.47. The molecule has 4 rings (SSSR count). The molecule has 0 bridgehead atoms. The predicted molar refractivity (Wildman–Crippen MR) is 88.6 cm³/mol. The Bertz CT molecular complexity index is 945. The maximum atomic E-state index is 12.9. The van der Waals surface area contributed by atoms with Crippen molar-refractivity contribution in [3.05, 3.63) is 58.6 Å². The largest absolute Gasteiger partial charge is 0.332 e. The molecule has 122 valence electrons. The lowest BCUT2D eigenvalue weighted by Crippen LogP contribution is -2.40. The molecule has 3 heterocycles. The van der Waals surface area contributed by atoms with E-state index < -0.39 is 0 Å². The second kappa shape index (κ2) is 5.92. The smallest absolute Gasteiger partial charge is 0.275 e. The summed E-state index contributed by atoms with van der Waals surface area (Å²) in [5.74, 6) is -0.0982. The van der Waals surface area contributed by atoms with Gasteiger partial charge in [0.1, 0.15) is 0 Å². The van der Waals surface area contributed by atoms with Gasteiger partial charge in [0.15, 0.2) is 5.69 Å². The van der Waals surface area contributed by atoms with Gasteiger partial charge in [0.2, 0.25) is 0 Å². The molecule has 0 radical (unpaired) electrons. The lowest BCUT2D eigenvalue weighted by molar-refractivity contribution is 0.0716. The molecule has 2 aromatic heterocycles. The van der Waals surface area contributed by atoms with E-state index in [9.17, 15) is 9.59 Å². The zero-order chi connectivity index (χ0) is 16.5. The molecule has 1 unspecified atom stereocenters. The van der Waals surface area contributed by atoms with Gasteiger partial charge in [-0.15, -0.1) is 0 Å². The molecule has 1 atom stereocenters. The van der Waals surface area contributed by atoms with Gasteiger partial charge in [-0.05, 0) is 25.0 Å². The number of H-pyrrole nitrogens is 1. The van der Waals surface area contributed by atoms with Gasteiger partial charge in [-0.2, -0.15) is 10.2 Å². The van der Waals surface area contributed by atoms with Crippen molar-refractivity contribution in [2.45, 2.75) is 25.4 Å². The molecule has 7 nitrogen and oxygen atoms in total. The molecule has 1 aliphatic heterocycles. The second-order valence-electron chi connectivity index (χ2n) is 5.96. The molecule has 24 heavy (non-hydrogen) atoms. The van der Waals surface area contributed by atoms with Gasteiger partial charge in [-0.1, -0.05) is 18.2 Å². The fourth-order valence-electron chi connectivity index (χ4n) is 3.28. The maximum absolute atomic E-state index is 12.9. The number of aromatic nitrogens is 4. The Morgan fingerprint density at radius 2 is 2.12 bits per heavy atom. The molecule has 3 aromatic rings. The minimum atomic E-state index is -0.151. The number of para-hydroxylation sites is 1. The second-order valence-corrected chi connectivity index (χ2v) is 5.96. The van der Waals surface area contributed by atoms with E-state index in [4.69, 9.17) is 0 Å². The summed E-state index contributed by atoms with van der Waals surface area (Å²) in [4.78, 5) is 26.6. The van der Waals surface area contributed by atoms with Crippen LogP contribution in [0.25, 0.3) is 10.9 Å². The summed E-state index contributed by atoms with van der Waals surface area (Å²) in [7, 11) is 0. The summed E-state index contributed by atoms with van der Waals surface area (Å²) in [6, 6.07) is 10.6. The molecule has 0 saturated carbocycles. The third-order valence-corrected chi connectivity index (χ3v) is 4.48. The summed E-state index contributed by atoms with van der Waals surface area (Å²) in [6.07, 6.45) is 3.36. The average Bonchev–Trinajstić information content (AvgIpc) is 3.23. The van der Waals surface area contributed by atoms with E-state index in [2.05, 4.69) is 15.3 Å². The monoisotopic (exact) mass is 323 g/mol. The molecule has 0 aliphatic carbocycles. The first-order chi connectivity index (χ1) is 11.7. The number of aromatic amines is 1. The van der Waals surface area contributed by atoms with Crippen LogP contribution in [0.5, 0.6) is 0 Å². The molecule has 1 fully saturated rings. The Balaban J connectivity index is 1.62. The molecule has 1 aromatic carbocycles. The summed E-state index contributed by atoms with van der Waals surface area (Å²) in [6.45, 7) is 1.08. The van der Waals surface area contributed by atoms with E-state index in [1.165, 1.54) is 10.7 Å². The van der Waals surface area contributed by atoms with E-state index >= 15 is 0 Å². The van der Waals surface area contributed by atoms with Crippen LogP contribution in [0.2, 0.25) is 0 Å². The van der Waals surface area contributed by atoms with Gasteiger partial charge in [0, 0.05) is 24.2 Å². The van der Waals surface area contributed by atoms with Gasteiger partial charge in [-0.25, -0.2) is 4.68 Å². The van der Waals surface area contributed by atoms with Crippen LogP contribution < -0.4 is 5.56 Å². The molecule has 7 heteroatoms. The molecule has 1 amide bonds. The van der Waals surface area contributed by atoms with Crippen LogP contribution in [0.15, 0.2) is 47.4 Å². The van der Waals surface area contributed by atoms with Crippen molar-refractivity contribution in [3.8, 4) is 0 Å². The Kier molecular flexibility index (Phi) is 3.60. The average molecular weight is 323 g/mol. The number of carbonyl (C=O) groups excluding carboxylic acids is 1. The van der Waals surface area contributed by atoms with Crippen LogP contribution in [-0.4, -0.2) is 43.4 Å². The quantitative estimate of drug-likeness (QED) is 0.790. The molecular weight excluding hydrogens is 306 g/mol. The first-order valence-corrected chi connectivity index (χ1v) is 8.00. The minimum absolute atomic E-state index is 0.0411. The van der Waals surface area contributed by atoms with Gasteiger partial charge in [-0.3, -0.25) is 14.7 Å². The van der Waals surface area contributed by atoms with Crippen LogP contribution in [0.3, 0.4) is 0 Å². The highest BCUT2D eigenvalue weighted by molar-refractivity contribution is 6.04. The van der Waals surface area contributed by atoms with Crippen molar-refractivity contribution in [2.24, 2.45) is 0 Å². The Labute approximate surface area is 137 Å². The van der Waals surface area contributed by atoms with Crippen molar-refractivity contribution in [1.82, 2.24) is 24.9 Å². The third-order valence-electron chi connectivity index (χ3n) is 4.48. The lowest BCUT2D eigenvalue weighted by Gasteiger charge is -2.24. The summed E-state index contributed by atoms with van der Waals surface area (Å²) in [5.41, 5.74) is 1.13. The van der Waals surface area contributed by atoms with E-state index in [-0.39, 0.29) is 17.5 Å². The normalized spacial score (nSPS) is 17.5. The Hall–Kier alpha value is -2.96. The highest BCUT2D eigenvalue weighted by Gasteiger charge is 2.32. The lowest BCUT2D eigenvalue weighted by atomic mass is 10.1. The fourth-order valence-corrected chi connectivity index (χ4v) is 3.28. The van der Waals surface area contributed by atoms with Gasteiger partial charge < -0.3 is 4.90 Å². The summed E-state index contributed by atoms with van der Waals surface area (Å²) < 4.78 is 1.42. The number of hydrogen-bond acceptors (Lipinski definition) is 4. The molecule has 1 aliphatic rings. The van der Waals surface area contributed by atoms with E-state index in [1.807, 2.05) is 29.2 Å². The SMILES string of the molecule is O=C(c1n[nH]c2ccccc12)N1CCCC1Cn1ncccc1=O. The van der Waals surface area contributed by atoms with Crippen molar-refractivity contribution in [2.75, 3.05) is 6.54 Å². The highest BCUT2D eigenvalue weighted by atomic mass is 16.2. The Morgan fingerprint density at radius 1 is 1.25 bits per heavy atom. The molecule has 1 saturated heterocycles. The number of likely N-dealkylation sites (tertiary alicyclic amines) is 1. The number of fused-ring (bicyclic) bond motifs is 1. The molecular formula is C17H17N5O2. The fraction of sp³-hybridized carbons (Fsp3) is 0.294. The van der Waals surface area contributed by atoms with Crippen molar-refractivity contribution in [1.29, 1.82) is 0 Å². The molecule has 1 N–H and O–H groups in total. The van der Waals surface area contributed by atoms with E-state index in [0.717, 1.165) is 23.7 Å². The highest BCUT2D eigenvalue weighted by Crippen LogP contribution is 2.23. The zero-order valence-electron chi connectivity index (χ0n) is 13.1. The number of nitrogens with zero attached hydrogens (tertiary/aromatic N) is 4. The Morgan fingerprint density at radius 3 is 3.00 bits per heavy atom. The number of amides is 1. The number of benzene rings is 1. The number of carbonyl (C=O) groups is 1. The maximum Gasteiger partial charge on any atom is 0.275 e. The first-order valence-electron chi connectivity index (χ1n) is 8.00. The van der Waals surface area contributed by atoms with E-state index in [0.29, 0.717) is 18.8 Å². The standard InChI is InChI=1S/C17H17N5O2/c23-15-8-3-9-18-22(15)11-12-5-4-10-21(12)17(24)16-13-6-1-2-7-14(13)19-20-16/h1-3,6-9,12H,4-5,10-11H2,(H,19,20). The van der Waals surface area contributed by atoms with Crippen LogP contribution in [-0.2, 0) is 6.54 Å². The zero-order valence-corrected chi connectivity index (χ0v) is 13.1. The van der Waals surface area contributed by atoms with E-state index in [1.54, 1.807) is 12.3 Å². The number of nitrogens with one attached hydrogen (secondary N) is 1. The van der Waals surface area contributed by atoms with Crippen LogP contribution >= 0.6 is 0 Å².